The largest absolute Gasteiger partial charge is 0.340 e. The van der Waals surface area contributed by atoms with Crippen LogP contribution in [0.4, 0.5) is 0 Å². The summed E-state index contributed by atoms with van der Waals surface area (Å²) in [6, 6.07) is 0.0710. The molecule has 0 aliphatic carbocycles. The fraction of sp³-hybridized carbons (Fsp3) is 0.917. The lowest BCUT2D eigenvalue weighted by molar-refractivity contribution is -0.129. The highest BCUT2D eigenvalue weighted by Gasteiger charge is 2.30. The van der Waals surface area contributed by atoms with Crippen LogP contribution in [0, 0.1) is 0 Å². The van der Waals surface area contributed by atoms with E-state index in [1.165, 1.54) is 0 Å². The Morgan fingerprint density at radius 2 is 2.06 bits per heavy atom. The van der Waals surface area contributed by atoms with Crippen LogP contribution in [0.5, 0.6) is 0 Å². The number of rotatable bonds is 7. The number of hydrogen-bond donors (Lipinski definition) is 1. The molecule has 1 saturated heterocycles. The molecule has 4 nitrogen and oxygen atoms in total. The van der Waals surface area contributed by atoms with Crippen molar-refractivity contribution in [2.24, 2.45) is 0 Å². The third-order valence-corrected chi connectivity index (χ3v) is 3.33. The molecule has 1 heterocycles. The van der Waals surface area contributed by atoms with Gasteiger partial charge in [-0.3, -0.25) is 4.79 Å². The van der Waals surface area contributed by atoms with Crippen LogP contribution in [0.3, 0.4) is 0 Å². The maximum atomic E-state index is 11.9. The Hall–Kier alpha value is -0.610. The molecule has 16 heavy (non-hydrogen) atoms. The first-order chi connectivity index (χ1) is 7.72. The second-order valence-corrected chi connectivity index (χ2v) is 4.25. The summed E-state index contributed by atoms with van der Waals surface area (Å²) < 4.78 is 0. The van der Waals surface area contributed by atoms with Gasteiger partial charge in [-0.25, -0.2) is 0 Å². The van der Waals surface area contributed by atoms with Gasteiger partial charge in [-0.1, -0.05) is 20.8 Å². The molecule has 1 atom stereocenters. The van der Waals surface area contributed by atoms with Crippen molar-refractivity contribution >= 4 is 5.91 Å². The predicted molar refractivity (Wildman–Crippen MR) is 66.4 cm³/mol. The van der Waals surface area contributed by atoms with Crippen molar-refractivity contribution in [1.29, 1.82) is 0 Å². The molecule has 0 saturated carbocycles. The van der Waals surface area contributed by atoms with Crippen LogP contribution in [0.15, 0.2) is 0 Å². The molecule has 0 aromatic carbocycles. The van der Waals surface area contributed by atoms with Crippen molar-refractivity contribution in [3.05, 3.63) is 0 Å². The predicted octanol–water partition coefficient (Wildman–Crippen LogP) is 0.539. The molecule has 1 amide bonds. The molecule has 4 heteroatoms. The Morgan fingerprint density at radius 3 is 2.62 bits per heavy atom. The minimum absolute atomic E-state index is 0.0710. The van der Waals surface area contributed by atoms with Gasteiger partial charge in [0.15, 0.2) is 0 Å². The number of hydrogen-bond acceptors (Lipinski definition) is 3. The molecule has 0 radical (unpaired) electrons. The topological polar surface area (TPSA) is 35.6 Å². The monoisotopic (exact) mass is 227 g/mol. The Labute approximate surface area is 99.0 Å². The lowest BCUT2D eigenvalue weighted by atomic mass is 10.2. The lowest BCUT2D eigenvalue weighted by Gasteiger charge is -2.23. The third kappa shape index (κ3) is 3.46. The average molecular weight is 227 g/mol. The normalized spacial score (nSPS) is 21.1. The number of carbonyl (C=O) groups is 1. The van der Waals surface area contributed by atoms with Gasteiger partial charge >= 0.3 is 0 Å². The van der Waals surface area contributed by atoms with E-state index in [4.69, 9.17) is 0 Å². The first-order valence-electron chi connectivity index (χ1n) is 6.47. The molecule has 0 aromatic rings. The van der Waals surface area contributed by atoms with E-state index in [1.807, 2.05) is 11.8 Å². The van der Waals surface area contributed by atoms with Crippen molar-refractivity contribution in [1.82, 2.24) is 15.1 Å². The van der Waals surface area contributed by atoms with Crippen LogP contribution < -0.4 is 5.32 Å². The van der Waals surface area contributed by atoms with Crippen molar-refractivity contribution in [2.45, 2.75) is 33.2 Å². The lowest BCUT2D eigenvalue weighted by Crippen LogP contribution is -2.41. The summed E-state index contributed by atoms with van der Waals surface area (Å²) in [7, 11) is 0. The molecule has 1 rings (SSSR count). The quantitative estimate of drug-likeness (QED) is 0.689. The summed E-state index contributed by atoms with van der Waals surface area (Å²) in [6.07, 6.45) is 0.963. The highest BCUT2D eigenvalue weighted by atomic mass is 16.2. The fourth-order valence-corrected chi connectivity index (χ4v) is 2.20. The SMILES string of the molecule is CCNC1CCN(CCN(CC)CC)C1=O. The smallest absolute Gasteiger partial charge is 0.239 e. The van der Waals surface area contributed by atoms with Gasteiger partial charge in [0, 0.05) is 19.6 Å². The number of nitrogens with zero attached hydrogens (tertiary/aromatic N) is 2. The van der Waals surface area contributed by atoms with E-state index in [9.17, 15) is 4.79 Å². The molecule has 1 N–H and O–H groups in total. The fourth-order valence-electron chi connectivity index (χ4n) is 2.20. The van der Waals surface area contributed by atoms with Gasteiger partial charge in [0.05, 0.1) is 6.04 Å². The first-order valence-corrected chi connectivity index (χ1v) is 6.47. The van der Waals surface area contributed by atoms with Gasteiger partial charge in [-0.15, -0.1) is 0 Å². The van der Waals surface area contributed by atoms with Crippen molar-refractivity contribution in [3.63, 3.8) is 0 Å². The van der Waals surface area contributed by atoms with Crippen molar-refractivity contribution in [3.8, 4) is 0 Å². The van der Waals surface area contributed by atoms with Gasteiger partial charge in [0.1, 0.15) is 0 Å². The molecular weight excluding hydrogens is 202 g/mol. The van der Waals surface area contributed by atoms with Gasteiger partial charge in [-0.05, 0) is 26.1 Å². The highest BCUT2D eigenvalue weighted by Crippen LogP contribution is 2.10. The third-order valence-electron chi connectivity index (χ3n) is 3.33. The summed E-state index contributed by atoms with van der Waals surface area (Å²) in [6.45, 7) is 12.2. The second-order valence-electron chi connectivity index (χ2n) is 4.25. The maximum Gasteiger partial charge on any atom is 0.239 e. The van der Waals surface area contributed by atoms with E-state index in [2.05, 4.69) is 24.1 Å². The summed E-state index contributed by atoms with van der Waals surface area (Å²) in [5.74, 6) is 0.286. The molecule has 1 aliphatic rings. The van der Waals surface area contributed by atoms with Crippen LogP contribution in [-0.2, 0) is 4.79 Å². The molecule has 0 spiro atoms. The maximum absolute atomic E-state index is 11.9. The summed E-state index contributed by atoms with van der Waals surface area (Å²) >= 11 is 0. The van der Waals surface area contributed by atoms with Crippen LogP contribution in [0.25, 0.3) is 0 Å². The molecular formula is C12H25N3O. The minimum atomic E-state index is 0.0710. The van der Waals surface area contributed by atoms with Crippen LogP contribution in [0.2, 0.25) is 0 Å². The Morgan fingerprint density at radius 1 is 1.38 bits per heavy atom. The van der Waals surface area contributed by atoms with Gasteiger partial charge in [0.25, 0.3) is 0 Å². The average Bonchev–Trinajstić information content (AvgIpc) is 2.63. The highest BCUT2D eigenvalue weighted by molar-refractivity contribution is 5.83. The first kappa shape index (κ1) is 13.5. The zero-order valence-corrected chi connectivity index (χ0v) is 10.8. The minimum Gasteiger partial charge on any atom is -0.340 e. The molecule has 0 bridgehead atoms. The standard InChI is InChI=1S/C12H25N3O/c1-4-13-11-7-8-15(12(11)16)10-9-14(5-2)6-3/h11,13H,4-10H2,1-3H3. The van der Waals surface area contributed by atoms with Crippen LogP contribution in [0.1, 0.15) is 27.2 Å². The summed E-state index contributed by atoms with van der Waals surface area (Å²) in [4.78, 5) is 16.3. The van der Waals surface area contributed by atoms with Crippen LogP contribution in [-0.4, -0.2) is 61.0 Å². The van der Waals surface area contributed by atoms with Gasteiger partial charge in [-0.2, -0.15) is 0 Å². The van der Waals surface area contributed by atoms with Gasteiger partial charge in [0.2, 0.25) is 5.91 Å². The number of likely N-dealkylation sites (tertiary alicyclic amines) is 1. The van der Waals surface area contributed by atoms with E-state index in [1.54, 1.807) is 0 Å². The molecule has 1 aliphatic heterocycles. The number of likely N-dealkylation sites (N-methyl/N-ethyl adjacent to an activating group) is 2. The van der Waals surface area contributed by atoms with Crippen LogP contribution >= 0.6 is 0 Å². The van der Waals surface area contributed by atoms with E-state index < -0.39 is 0 Å². The zero-order valence-electron chi connectivity index (χ0n) is 10.8. The molecule has 0 aromatic heterocycles. The number of nitrogens with one attached hydrogen (secondary N) is 1. The Kier molecular flexibility index (Phi) is 5.77. The summed E-state index contributed by atoms with van der Waals surface area (Å²) in [5.41, 5.74) is 0. The summed E-state index contributed by atoms with van der Waals surface area (Å²) in [5, 5.41) is 3.24. The molecule has 1 unspecified atom stereocenters. The van der Waals surface area contributed by atoms with E-state index in [-0.39, 0.29) is 11.9 Å². The zero-order chi connectivity index (χ0) is 12.0. The Bertz CT molecular complexity index is 216. The van der Waals surface area contributed by atoms with E-state index in [0.717, 1.165) is 45.7 Å². The number of carbonyl (C=O) groups excluding carboxylic acids is 1. The molecule has 1 fully saturated rings. The van der Waals surface area contributed by atoms with Gasteiger partial charge < -0.3 is 15.1 Å². The second kappa shape index (κ2) is 6.86. The van der Waals surface area contributed by atoms with Crippen molar-refractivity contribution < 1.29 is 4.79 Å². The van der Waals surface area contributed by atoms with E-state index in [0.29, 0.717) is 0 Å². The molecule has 94 valence electrons. The Balaban J connectivity index is 2.31. The number of amides is 1. The van der Waals surface area contributed by atoms with Crippen molar-refractivity contribution in [2.75, 3.05) is 39.3 Å². The van der Waals surface area contributed by atoms with E-state index >= 15 is 0 Å².